The molecular weight excluding hydrogens is 308 g/mol. The quantitative estimate of drug-likeness (QED) is 0.841. The van der Waals surface area contributed by atoms with Gasteiger partial charge >= 0.3 is 5.97 Å². The average Bonchev–Trinajstić information content (AvgIpc) is 2.53. The molecule has 1 heterocycles. The van der Waals surface area contributed by atoms with Crippen molar-refractivity contribution in [3.63, 3.8) is 0 Å². The number of carbonyl (C=O) groups is 3. The lowest BCUT2D eigenvalue weighted by Crippen LogP contribution is -2.49. The van der Waals surface area contributed by atoms with Gasteiger partial charge in [-0.1, -0.05) is 13.8 Å². The fraction of sp³-hybridized carbons (Fsp3) is 0.500. The molecule has 6 heteroatoms. The largest absolute Gasteiger partial charge is 0.462 e. The molecule has 1 aromatic rings. The van der Waals surface area contributed by atoms with Gasteiger partial charge in [-0.05, 0) is 44.4 Å². The maximum Gasteiger partial charge on any atom is 0.338 e. The first-order valence-electron chi connectivity index (χ1n) is 8.29. The Hall–Kier alpha value is -2.37. The molecule has 0 aromatic heterocycles. The van der Waals surface area contributed by atoms with Crippen molar-refractivity contribution in [2.45, 2.75) is 46.6 Å². The standard InChI is InChI=1S/C18H24N2O4/c1-5-24-18(23)13-7-8-15-14(10-13)19-17(22)12(4)20(15)16(21)9-6-11(2)3/h7-8,10-12H,5-6,9H2,1-4H3,(H,19,22). The van der Waals surface area contributed by atoms with Crippen LogP contribution in [-0.4, -0.2) is 30.4 Å². The molecule has 1 aromatic carbocycles. The van der Waals surface area contributed by atoms with Gasteiger partial charge in [0.2, 0.25) is 11.8 Å². The molecule has 2 amide bonds. The van der Waals surface area contributed by atoms with E-state index in [1.165, 1.54) is 4.90 Å². The van der Waals surface area contributed by atoms with Gasteiger partial charge in [-0.2, -0.15) is 0 Å². The number of carbonyl (C=O) groups excluding carboxylic acids is 3. The van der Waals surface area contributed by atoms with Crippen LogP contribution in [0.1, 0.15) is 50.9 Å². The monoisotopic (exact) mass is 332 g/mol. The van der Waals surface area contributed by atoms with Crippen molar-refractivity contribution in [3.05, 3.63) is 23.8 Å². The first-order valence-corrected chi connectivity index (χ1v) is 8.29. The molecule has 1 atom stereocenters. The zero-order valence-corrected chi connectivity index (χ0v) is 14.6. The number of nitrogens with one attached hydrogen (secondary N) is 1. The smallest absolute Gasteiger partial charge is 0.338 e. The van der Waals surface area contributed by atoms with E-state index in [1.807, 2.05) is 0 Å². The average molecular weight is 332 g/mol. The summed E-state index contributed by atoms with van der Waals surface area (Å²) in [5, 5.41) is 2.76. The van der Waals surface area contributed by atoms with Gasteiger partial charge < -0.3 is 10.1 Å². The zero-order valence-electron chi connectivity index (χ0n) is 14.6. The van der Waals surface area contributed by atoms with Crippen molar-refractivity contribution in [2.24, 2.45) is 5.92 Å². The number of fused-ring (bicyclic) bond motifs is 1. The third-order valence-corrected chi connectivity index (χ3v) is 4.00. The molecule has 2 rings (SSSR count). The maximum atomic E-state index is 12.6. The SMILES string of the molecule is CCOC(=O)c1ccc2c(c1)NC(=O)C(C)N2C(=O)CCC(C)C. The number of ether oxygens (including phenoxy) is 1. The van der Waals surface area contributed by atoms with E-state index in [0.717, 1.165) is 6.42 Å². The van der Waals surface area contributed by atoms with Crippen LogP contribution in [-0.2, 0) is 14.3 Å². The van der Waals surface area contributed by atoms with Crippen LogP contribution in [0.25, 0.3) is 0 Å². The van der Waals surface area contributed by atoms with Gasteiger partial charge in [0.1, 0.15) is 6.04 Å². The van der Waals surface area contributed by atoms with E-state index in [0.29, 0.717) is 29.3 Å². The van der Waals surface area contributed by atoms with E-state index in [4.69, 9.17) is 4.74 Å². The molecule has 6 nitrogen and oxygen atoms in total. The number of hydrogen-bond acceptors (Lipinski definition) is 4. The van der Waals surface area contributed by atoms with E-state index in [9.17, 15) is 14.4 Å². The van der Waals surface area contributed by atoms with Gasteiger partial charge in [0.15, 0.2) is 0 Å². The van der Waals surface area contributed by atoms with E-state index in [-0.39, 0.29) is 18.4 Å². The van der Waals surface area contributed by atoms with Crippen molar-refractivity contribution >= 4 is 29.2 Å². The number of hydrogen-bond donors (Lipinski definition) is 1. The third kappa shape index (κ3) is 3.75. The van der Waals surface area contributed by atoms with Crippen molar-refractivity contribution in [1.29, 1.82) is 0 Å². The molecule has 0 saturated carbocycles. The zero-order chi connectivity index (χ0) is 17.9. The minimum atomic E-state index is -0.578. The summed E-state index contributed by atoms with van der Waals surface area (Å²) in [4.78, 5) is 38.2. The summed E-state index contributed by atoms with van der Waals surface area (Å²) in [7, 11) is 0. The predicted molar refractivity (Wildman–Crippen MR) is 92.0 cm³/mol. The molecule has 0 fully saturated rings. The lowest BCUT2D eigenvalue weighted by Gasteiger charge is -2.35. The Kier molecular flexibility index (Phi) is 5.59. The number of anilines is 2. The molecule has 1 aliphatic heterocycles. The molecule has 0 saturated heterocycles. The highest BCUT2D eigenvalue weighted by Crippen LogP contribution is 2.34. The summed E-state index contributed by atoms with van der Waals surface area (Å²) in [5.41, 5.74) is 1.42. The van der Waals surface area contributed by atoms with Gasteiger partial charge in [0, 0.05) is 6.42 Å². The maximum absolute atomic E-state index is 12.6. The van der Waals surface area contributed by atoms with Crippen LogP contribution in [0.15, 0.2) is 18.2 Å². The van der Waals surface area contributed by atoms with Gasteiger partial charge in [-0.15, -0.1) is 0 Å². The summed E-state index contributed by atoms with van der Waals surface area (Å²) >= 11 is 0. The number of nitrogens with zero attached hydrogens (tertiary/aromatic N) is 1. The second-order valence-corrected chi connectivity index (χ2v) is 6.31. The molecule has 0 aliphatic carbocycles. The molecule has 0 bridgehead atoms. The Morgan fingerprint density at radius 1 is 1.33 bits per heavy atom. The van der Waals surface area contributed by atoms with Crippen LogP contribution in [0, 0.1) is 5.92 Å². The Bertz CT molecular complexity index is 654. The topological polar surface area (TPSA) is 75.7 Å². The molecular formula is C18H24N2O4. The summed E-state index contributed by atoms with van der Waals surface area (Å²) < 4.78 is 4.97. The summed E-state index contributed by atoms with van der Waals surface area (Å²) in [6.45, 7) is 7.82. The second kappa shape index (κ2) is 7.47. The molecule has 24 heavy (non-hydrogen) atoms. The van der Waals surface area contributed by atoms with Crippen LogP contribution in [0.3, 0.4) is 0 Å². The van der Waals surface area contributed by atoms with Gasteiger partial charge in [0.25, 0.3) is 0 Å². The first-order chi connectivity index (χ1) is 11.3. The Balaban J connectivity index is 2.33. The van der Waals surface area contributed by atoms with Crippen LogP contribution < -0.4 is 10.2 Å². The highest BCUT2D eigenvalue weighted by molar-refractivity contribution is 6.12. The molecule has 1 N–H and O–H groups in total. The normalized spacial score (nSPS) is 16.6. The number of amides is 2. The minimum Gasteiger partial charge on any atom is -0.462 e. The molecule has 1 unspecified atom stereocenters. The van der Waals surface area contributed by atoms with Gasteiger partial charge in [-0.25, -0.2) is 4.79 Å². The fourth-order valence-corrected chi connectivity index (χ4v) is 2.63. The van der Waals surface area contributed by atoms with E-state index in [1.54, 1.807) is 32.0 Å². The number of esters is 1. The summed E-state index contributed by atoms with van der Waals surface area (Å²) in [5.74, 6) is -0.392. The van der Waals surface area contributed by atoms with E-state index < -0.39 is 12.0 Å². The van der Waals surface area contributed by atoms with Crippen molar-refractivity contribution in [3.8, 4) is 0 Å². The van der Waals surface area contributed by atoms with Crippen LogP contribution in [0.4, 0.5) is 11.4 Å². The number of rotatable bonds is 5. The lowest BCUT2D eigenvalue weighted by molar-refractivity contribution is -0.123. The van der Waals surface area contributed by atoms with E-state index >= 15 is 0 Å². The van der Waals surface area contributed by atoms with Crippen molar-refractivity contribution in [1.82, 2.24) is 0 Å². The number of benzene rings is 1. The second-order valence-electron chi connectivity index (χ2n) is 6.31. The van der Waals surface area contributed by atoms with Crippen molar-refractivity contribution < 1.29 is 19.1 Å². The van der Waals surface area contributed by atoms with Gasteiger partial charge in [-0.3, -0.25) is 14.5 Å². The Labute approximate surface area is 142 Å². The summed E-state index contributed by atoms with van der Waals surface area (Å²) in [6.07, 6.45) is 1.15. The lowest BCUT2D eigenvalue weighted by atomic mass is 10.0. The van der Waals surface area contributed by atoms with E-state index in [2.05, 4.69) is 19.2 Å². The third-order valence-electron chi connectivity index (χ3n) is 4.00. The van der Waals surface area contributed by atoms with Crippen LogP contribution >= 0.6 is 0 Å². The fourth-order valence-electron chi connectivity index (χ4n) is 2.63. The van der Waals surface area contributed by atoms with Gasteiger partial charge in [0.05, 0.1) is 23.5 Å². The Morgan fingerprint density at radius 3 is 2.67 bits per heavy atom. The molecule has 130 valence electrons. The Morgan fingerprint density at radius 2 is 2.04 bits per heavy atom. The predicted octanol–water partition coefficient (Wildman–Crippen LogP) is 2.97. The van der Waals surface area contributed by atoms with Crippen LogP contribution in [0.5, 0.6) is 0 Å². The highest BCUT2D eigenvalue weighted by Gasteiger charge is 2.34. The molecule has 1 aliphatic rings. The van der Waals surface area contributed by atoms with Crippen LogP contribution in [0.2, 0.25) is 0 Å². The molecule has 0 spiro atoms. The summed E-state index contributed by atoms with van der Waals surface area (Å²) in [6, 6.07) is 4.28. The van der Waals surface area contributed by atoms with Crippen molar-refractivity contribution in [2.75, 3.05) is 16.8 Å². The first kappa shape index (κ1) is 18.0. The minimum absolute atomic E-state index is 0.0869. The molecule has 0 radical (unpaired) electrons. The highest BCUT2D eigenvalue weighted by atomic mass is 16.5.